The number of nitrogens with zero attached hydrogens (tertiary/aromatic N) is 1. The van der Waals surface area contributed by atoms with E-state index in [4.69, 9.17) is 4.74 Å². The van der Waals surface area contributed by atoms with Gasteiger partial charge in [-0.15, -0.1) is 5.73 Å². The van der Waals surface area contributed by atoms with E-state index >= 15 is 0 Å². The Balaban J connectivity index is 3.06. The third-order valence-electron chi connectivity index (χ3n) is 2.34. The average molecular weight is 217 g/mol. The summed E-state index contributed by atoms with van der Waals surface area (Å²) in [7, 11) is 3.31. The monoisotopic (exact) mass is 217 g/mol. The van der Waals surface area contributed by atoms with Crippen molar-refractivity contribution in [1.29, 1.82) is 0 Å². The normalized spacial score (nSPS) is 9.19. The highest BCUT2D eigenvalue weighted by Gasteiger charge is 2.10. The molecule has 0 aliphatic heterocycles. The van der Waals surface area contributed by atoms with Gasteiger partial charge in [-0.25, -0.2) is 0 Å². The summed E-state index contributed by atoms with van der Waals surface area (Å²) in [6, 6.07) is 7.40. The number of hydrogen-bond donors (Lipinski definition) is 0. The zero-order valence-corrected chi connectivity index (χ0v) is 9.78. The minimum atomic E-state index is -0.0537. The van der Waals surface area contributed by atoms with Crippen LogP contribution in [0, 0.1) is 0 Å². The summed E-state index contributed by atoms with van der Waals surface area (Å²) in [6.07, 6.45) is 0. The van der Waals surface area contributed by atoms with E-state index in [0.717, 1.165) is 11.3 Å². The van der Waals surface area contributed by atoms with Gasteiger partial charge in [-0.1, -0.05) is 6.58 Å². The molecule has 0 unspecified atom stereocenters. The molecule has 0 atom stereocenters. The third-order valence-corrected chi connectivity index (χ3v) is 2.34. The van der Waals surface area contributed by atoms with E-state index in [2.05, 4.69) is 12.3 Å². The summed E-state index contributed by atoms with van der Waals surface area (Å²) >= 11 is 0. The molecule has 3 heteroatoms. The molecule has 0 radical (unpaired) electrons. The predicted molar refractivity (Wildman–Crippen MR) is 64.0 cm³/mol. The molecule has 0 aliphatic rings. The van der Waals surface area contributed by atoms with Gasteiger partial charge in [-0.05, 0) is 24.3 Å². The Bertz CT molecular complexity index is 428. The lowest BCUT2D eigenvalue weighted by atomic mass is 10.1. The first-order valence-corrected chi connectivity index (χ1v) is 4.89. The molecule has 0 heterocycles. The van der Waals surface area contributed by atoms with Gasteiger partial charge >= 0.3 is 0 Å². The predicted octanol–water partition coefficient (Wildman–Crippen LogP) is 2.30. The van der Waals surface area contributed by atoms with Gasteiger partial charge in [0, 0.05) is 19.5 Å². The SMILES string of the molecule is C=C=C(c1ccc(OC)cc1)N(C)C(C)=O. The number of ether oxygens (including phenoxy) is 1. The van der Waals surface area contributed by atoms with Gasteiger partial charge in [-0.2, -0.15) is 0 Å². The molecule has 0 aliphatic carbocycles. The topological polar surface area (TPSA) is 29.5 Å². The lowest BCUT2D eigenvalue weighted by Gasteiger charge is -2.17. The molecule has 16 heavy (non-hydrogen) atoms. The van der Waals surface area contributed by atoms with Crippen LogP contribution in [0.25, 0.3) is 5.70 Å². The molecule has 3 nitrogen and oxygen atoms in total. The van der Waals surface area contributed by atoms with E-state index in [9.17, 15) is 4.79 Å². The molecule has 1 aromatic rings. The number of carbonyl (C=O) groups excluding carboxylic acids is 1. The van der Waals surface area contributed by atoms with Crippen molar-refractivity contribution >= 4 is 11.6 Å². The summed E-state index contributed by atoms with van der Waals surface area (Å²) in [5, 5.41) is 0. The molecule has 0 spiro atoms. The fraction of sp³-hybridized carbons (Fsp3) is 0.231. The maximum absolute atomic E-state index is 11.3. The van der Waals surface area contributed by atoms with Crippen molar-refractivity contribution in [3.63, 3.8) is 0 Å². The Kier molecular flexibility index (Phi) is 3.92. The van der Waals surface area contributed by atoms with Crippen molar-refractivity contribution in [2.24, 2.45) is 0 Å². The first kappa shape index (κ1) is 12.1. The quantitative estimate of drug-likeness (QED) is 0.727. The zero-order chi connectivity index (χ0) is 12.1. The van der Waals surface area contributed by atoms with Gasteiger partial charge in [0.15, 0.2) is 0 Å². The molecule has 0 saturated carbocycles. The summed E-state index contributed by atoms with van der Waals surface area (Å²) in [6.45, 7) is 5.10. The molecule has 0 fully saturated rings. The number of methoxy groups -OCH3 is 1. The minimum absolute atomic E-state index is 0.0537. The van der Waals surface area contributed by atoms with Crippen LogP contribution >= 0.6 is 0 Å². The zero-order valence-electron chi connectivity index (χ0n) is 9.78. The van der Waals surface area contributed by atoms with E-state index in [1.807, 2.05) is 24.3 Å². The molecule has 1 rings (SSSR count). The van der Waals surface area contributed by atoms with Crippen molar-refractivity contribution < 1.29 is 9.53 Å². The molecular formula is C13H15NO2. The van der Waals surface area contributed by atoms with E-state index in [1.54, 1.807) is 14.2 Å². The van der Waals surface area contributed by atoms with Gasteiger partial charge in [0.05, 0.1) is 12.8 Å². The second kappa shape index (κ2) is 5.19. The summed E-state index contributed by atoms with van der Waals surface area (Å²) in [4.78, 5) is 12.8. The van der Waals surface area contributed by atoms with Gasteiger partial charge in [-0.3, -0.25) is 4.79 Å². The van der Waals surface area contributed by atoms with Crippen molar-refractivity contribution in [3.05, 3.63) is 42.1 Å². The molecule has 1 amide bonds. The van der Waals surface area contributed by atoms with Crippen LogP contribution in [0.1, 0.15) is 12.5 Å². The maximum Gasteiger partial charge on any atom is 0.224 e. The second-order valence-electron chi connectivity index (χ2n) is 3.33. The number of amides is 1. The smallest absolute Gasteiger partial charge is 0.224 e. The molecule has 1 aromatic carbocycles. The highest BCUT2D eigenvalue weighted by atomic mass is 16.5. The Morgan fingerprint density at radius 2 is 1.94 bits per heavy atom. The number of carbonyl (C=O) groups is 1. The van der Waals surface area contributed by atoms with Crippen LogP contribution in [0.3, 0.4) is 0 Å². The molecule has 0 saturated heterocycles. The van der Waals surface area contributed by atoms with Crippen LogP contribution in [0.4, 0.5) is 0 Å². The van der Waals surface area contributed by atoms with Crippen LogP contribution in [0.2, 0.25) is 0 Å². The highest BCUT2D eigenvalue weighted by Crippen LogP contribution is 2.20. The second-order valence-corrected chi connectivity index (χ2v) is 3.33. The summed E-state index contributed by atoms with van der Waals surface area (Å²) in [5.74, 6) is 0.722. The van der Waals surface area contributed by atoms with Gasteiger partial charge in [0.1, 0.15) is 5.75 Å². The van der Waals surface area contributed by atoms with Crippen LogP contribution in [-0.2, 0) is 4.79 Å². The average Bonchev–Trinajstić information content (AvgIpc) is 2.30. The van der Waals surface area contributed by atoms with E-state index in [0.29, 0.717) is 5.70 Å². The van der Waals surface area contributed by atoms with Crippen LogP contribution in [0.15, 0.2) is 36.6 Å². The van der Waals surface area contributed by atoms with Crippen LogP contribution in [-0.4, -0.2) is 25.0 Å². The van der Waals surface area contributed by atoms with Crippen molar-refractivity contribution in [2.75, 3.05) is 14.2 Å². The highest BCUT2D eigenvalue weighted by molar-refractivity contribution is 5.84. The minimum Gasteiger partial charge on any atom is -0.497 e. The summed E-state index contributed by atoms with van der Waals surface area (Å²) in [5.41, 5.74) is 4.31. The number of benzene rings is 1. The fourth-order valence-corrected chi connectivity index (χ4v) is 1.32. The van der Waals surface area contributed by atoms with Crippen molar-refractivity contribution in [2.45, 2.75) is 6.92 Å². The molecule has 0 aromatic heterocycles. The van der Waals surface area contributed by atoms with Crippen molar-refractivity contribution in [1.82, 2.24) is 4.90 Å². The molecular weight excluding hydrogens is 202 g/mol. The van der Waals surface area contributed by atoms with Gasteiger partial charge < -0.3 is 9.64 Å². The Morgan fingerprint density at radius 3 is 2.31 bits per heavy atom. The largest absolute Gasteiger partial charge is 0.497 e. The van der Waals surface area contributed by atoms with Gasteiger partial charge in [0.2, 0.25) is 5.91 Å². The first-order valence-electron chi connectivity index (χ1n) is 4.89. The van der Waals surface area contributed by atoms with E-state index in [1.165, 1.54) is 11.8 Å². The van der Waals surface area contributed by atoms with E-state index < -0.39 is 0 Å². The summed E-state index contributed by atoms with van der Waals surface area (Å²) < 4.78 is 5.06. The fourth-order valence-electron chi connectivity index (χ4n) is 1.32. The number of hydrogen-bond acceptors (Lipinski definition) is 2. The lowest BCUT2D eigenvalue weighted by Crippen LogP contribution is -2.21. The molecule has 84 valence electrons. The van der Waals surface area contributed by atoms with Gasteiger partial charge in [0.25, 0.3) is 0 Å². The Morgan fingerprint density at radius 1 is 1.38 bits per heavy atom. The van der Waals surface area contributed by atoms with E-state index in [-0.39, 0.29) is 5.91 Å². The Hall–Kier alpha value is -1.99. The third kappa shape index (κ3) is 2.53. The maximum atomic E-state index is 11.3. The van der Waals surface area contributed by atoms with Crippen LogP contribution < -0.4 is 4.74 Å². The molecule has 0 N–H and O–H groups in total. The molecule has 0 bridgehead atoms. The first-order chi connectivity index (χ1) is 7.60. The number of rotatable bonds is 3. The lowest BCUT2D eigenvalue weighted by molar-refractivity contribution is -0.124. The van der Waals surface area contributed by atoms with Crippen molar-refractivity contribution in [3.8, 4) is 5.75 Å². The standard InChI is InChI=1S/C13H15NO2/c1-5-13(14(3)10(2)15)11-6-8-12(16-4)9-7-11/h6-9H,1H2,2-4H3. The Labute approximate surface area is 95.6 Å². The van der Waals surface area contributed by atoms with Crippen LogP contribution in [0.5, 0.6) is 5.75 Å².